The van der Waals surface area contributed by atoms with Crippen LogP contribution < -0.4 is 10.1 Å². The van der Waals surface area contributed by atoms with Crippen LogP contribution in [0.25, 0.3) is 0 Å². The molecule has 0 unspecified atom stereocenters. The Bertz CT molecular complexity index is 597. The minimum atomic E-state index is 0.129. The van der Waals surface area contributed by atoms with Crippen LogP contribution in [0.4, 0.5) is 0 Å². The summed E-state index contributed by atoms with van der Waals surface area (Å²) in [6.45, 7) is 2.36. The van der Waals surface area contributed by atoms with Gasteiger partial charge in [0.15, 0.2) is 0 Å². The zero-order valence-electron chi connectivity index (χ0n) is 12.7. The second-order valence-electron chi connectivity index (χ2n) is 5.98. The molecule has 1 fully saturated rings. The molecule has 0 aliphatic heterocycles. The van der Waals surface area contributed by atoms with Crippen LogP contribution in [0.1, 0.15) is 24.1 Å². The molecule has 1 aliphatic rings. The molecule has 22 heavy (non-hydrogen) atoms. The first kappa shape index (κ1) is 15.0. The van der Waals surface area contributed by atoms with Gasteiger partial charge in [-0.1, -0.05) is 24.3 Å². The van der Waals surface area contributed by atoms with Crippen LogP contribution in [0.3, 0.4) is 0 Å². The Morgan fingerprint density at radius 1 is 1.14 bits per heavy atom. The molecule has 1 aliphatic carbocycles. The van der Waals surface area contributed by atoms with Crippen molar-refractivity contribution in [2.75, 3.05) is 13.2 Å². The zero-order chi connectivity index (χ0) is 15.3. The summed E-state index contributed by atoms with van der Waals surface area (Å²) in [6.07, 6.45) is 4.01. The molecule has 1 heterocycles. The van der Waals surface area contributed by atoms with Gasteiger partial charge in [-0.05, 0) is 31.0 Å². The third-order valence-electron chi connectivity index (χ3n) is 4.18. The minimum Gasteiger partial charge on any atom is -0.487 e. The molecule has 0 saturated heterocycles. The zero-order valence-corrected chi connectivity index (χ0v) is 12.7. The van der Waals surface area contributed by atoms with Crippen molar-refractivity contribution in [1.29, 1.82) is 0 Å². The van der Waals surface area contributed by atoms with E-state index in [1.54, 1.807) is 6.20 Å². The lowest BCUT2D eigenvalue weighted by Crippen LogP contribution is -2.26. The number of para-hydroxylation sites is 1. The quantitative estimate of drug-likeness (QED) is 0.786. The molecule has 1 aromatic carbocycles. The molecule has 0 bridgehead atoms. The number of nitrogens with zero attached hydrogens (tertiary/aromatic N) is 1. The van der Waals surface area contributed by atoms with Crippen LogP contribution in [-0.4, -0.2) is 23.2 Å². The molecular weight excluding hydrogens is 276 g/mol. The molecule has 116 valence electrons. The van der Waals surface area contributed by atoms with Crippen molar-refractivity contribution in [3.8, 4) is 5.75 Å². The Morgan fingerprint density at radius 2 is 1.95 bits per heavy atom. The highest BCUT2D eigenvalue weighted by Crippen LogP contribution is 2.44. The lowest BCUT2D eigenvalue weighted by atomic mass is 10.1. The topological polar surface area (TPSA) is 54.4 Å². The van der Waals surface area contributed by atoms with E-state index in [1.807, 2.05) is 36.4 Å². The van der Waals surface area contributed by atoms with Gasteiger partial charge in [0.2, 0.25) is 0 Å². The lowest BCUT2D eigenvalue weighted by molar-refractivity contribution is 0.207. The summed E-state index contributed by atoms with van der Waals surface area (Å²) >= 11 is 0. The number of rotatable bonds is 8. The number of aliphatic hydroxyl groups excluding tert-OH is 1. The number of hydrogen-bond acceptors (Lipinski definition) is 4. The molecule has 2 aromatic rings. The number of ether oxygens (including phenoxy) is 1. The molecule has 0 radical (unpaired) electrons. The van der Waals surface area contributed by atoms with Gasteiger partial charge in [0.25, 0.3) is 0 Å². The predicted molar refractivity (Wildman–Crippen MR) is 85.5 cm³/mol. The highest BCUT2D eigenvalue weighted by atomic mass is 16.5. The van der Waals surface area contributed by atoms with E-state index < -0.39 is 0 Å². The van der Waals surface area contributed by atoms with E-state index >= 15 is 0 Å². The number of aromatic nitrogens is 1. The third-order valence-corrected chi connectivity index (χ3v) is 4.18. The van der Waals surface area contributed by atoms with E-state index in [2.05, 4.69) is 16.4 Å². The Hall–Kier alpha value is -1.91. The second kappa shape index (κ2) is 6.90. The van der Waals surface area contributed by atoms with E-state index in [-0.39, 0.29) is 12.0 Å². The van der Waals surface area contributed by atoms with Gasteiger partial charge in [0, 0.05) is 36.9 Å². The van der Waals surface area contributed by atoms with Gasteiger partial charge in [-0.15, -0.1) is 0 Å². The van der Waals surface area contributed by atoms with Gasteiger partial charge in [-0.25, -0.2) is 0 Å². The number of hydrogen-bond donors (Lipinski definition) is 2. The van der Waals surface area contributed by atoms with E-state index in [4.69, 9.17) is 4.74 Å². The molecule has 0 spiro atoms. The summed E-state index contributed by atoms with van der Waals surface area (Å²) in [4.78, 5) is 4.27. The summed E-state index contributed by atoms with van der Waals surface area (Å²) < 4.78 is 5.90. The third kappa shape index (κ3) is 3.84. The van der Waals surface area contributed by atoms with Crippen LogP contribution in [-0.2, 0) is 13.2 Å². The van der Waals surface area contributed by atoms with Crippen LogP contribution >= 0.6 is 0 Å². The van der Waals surface area contributed by atoms with Gasteiger partial charge < -0.3 is 15.2 Å². The number of pyridine rings is 1. The van der Waals surface area contributed by atoms with Gasteiger partial charge in [0.05, 0.1) is 5.69 Å². The average Bonchev–Trinajstić information content (AvgIpc) is 3.35. The summed E-state index contributed by atoms with van der Waals surface area (Å²) in [5.41, 5.74) is 2.18. The first-order valence-electron chi connectivity index (χ1n) is 7.74. The average molecular weight is 298 g/mol. The fourth-order valence-corrected chi connectivity index (χ4v) is 2.46. The van der Waals surface area contributed by atoms with E-state index in [1.165, 1.54) is 0 Å². The molecule has 1 saturated carbocycles. The summed E-state index contributed by atoms with van der Waals surface area (Å²) in [6, 6.07) is 13.9. The standard InChI is InChI=1S/C18H22N2O2/c21-14-18(8-9-18)13-19-11-15-5-1-2-7-17(15)22-12-16-6-3-4-10-20-16/h1-7,10,19,21H,8-9,11-14H2. The van der Waals surface area contributed by atoms with E-state index in [9.17, 15) is 5.11 Å². The number of nitrogens with one attached hydrogen (secondary N) is 1. The van der Waals surface area contributed by atoms with E-state index in [0.717, 1.165) is 42.9 Å². The molecule has 0 amide bonds. The van der Waals surface area contributed by atoms with Crippen molar-refractivity contribution in [2.24, 2.45) is 5.41 Å². The SMILES string of the molecule is OCC1(CNCc2ccccc2OCc2ccccn2)CC1. The Labute approximate surface area is 131 Å². The monoisotopic (exact) mass is 298 g/mol. The Balaban J connectivity index is 1.55. The van der Waals surface area contributed by atoms with Crippen molar-refractivity contribution in [1.82, 2.24) is 10.3 Å². The minimum absolute atomic E-state index is 0.129. The van der Waals surface area contributed by atoms with Gasteiger partial charge in [-0.2, -0.15) is 0 Å². The molecule has 3 rings (SSSR count). The largest absolute Gasteiger partial charge is 0.487 e. The summed E-state index contributed by atoms with van der Waals surface area (Å²) in [7, 11) is 0. The fraction of sp³-hybridized carbons (Fsp3) is 0.389. The molecule has 4 heteroatoms. The highest BCUT2D eigenvalue weighted by molar-refractivity contribution is 5.33. The van der Waals surface area contributed by atoms with Gasteiger partial charge >= 0.3 is 0 Å². The smallest absolute Gasteiger partial charge is 0.130 e. The predicted octanol–water partition coefficient (Wildman–Crippen LogP) is 2.52. The van der Waals surface area contributed by atoms with Crippen molar-refractivity contribution in [3.05, 3.63) is 59.9 Å². The maximum Gasteiger partial charge on any atom is 0.130 e. The lowest BCUT2D eigenvalue weighted by Gasteiger charge is -2.15. The van der Waals surface area contributed by atoms with Crippen molar-refractivity contribution >= 4 is 0 Å². The van der Waals surface area contributed by atoms with Crippen LogP contribution in [0.15, 0.2) is 48.7 Å². The fourth-order valence-electron chi connectivity index (χ4n) is 2.46. The maximum absolute atomic E-state index is 9.35. The van der Waals surface area contributed by atoms with Crippen LogP contribution in [0.5, 0.6) is 5.75 Å². The van der Waals surface area contributed by atoms with Gasteiger partial charge in [0.1, 0.15) is 12.4 Å². The molecule has 4 nitrogen and oxygen atoms in total. The summed E-state index contributed by atoms with van der Waals surface area (Å²) in [5.74, 6) is 0.884. The maximum atomic E-state index is 9.35. The Kier molecular flexibility index (Phi) is 4.71. The van der Waals surface area contributed by atoms with Crippen molar-refractivity contribution in [2.45, 2.75) is 26.0 Å². The van der Waals surface area contributed by atoms with Gasteiger partial charge in [-0.3, -0.25) is 4.98 Å². The molecule has 1 aromatic heterocycles. The normalized spacial score (nSPS) is 15.5. The summed E-state index contributed by atoms with van der Waals surface area (Å²) in [5, 5.41) is 12.8. The van der Waals surface area contributed by atoms with Crippen LogP contribution in [0.2, 0.25) is 0 Å². The molecule has 2 N–H and O–H groups in total. The second-order valence-corrected chi connectivity index (χ2v) is 5.98. The number of aliphatic hydroxyl groups is 1. The van der Waals surface area contributed by atoms with Crippen LogP contribution in [0, 0.1) is 5.41 Å². The van der Waals surface area contributed by atoms with E-state index in [0.29, 0.717) is 6.61 Å². The number of benzene rings is 1. The molecular formula is C18H22N2O2. The molecule has 0 atom stereocenters. The van der Waals surface area contributed by atoms with Crippen molar-refractivity contribution in [3.63, 3.8) is 0 Å². The van der Waals surface area contributed by atoms with Crippen molar-refractivity contribution < 1.29 is 9.84 Å². The first-order valence-corrected chi connectivity index (χ1v) is 7.74. The Morgan fingerprint density at radius 3 is 2.68 bits per heavy atom. The highest BCUT2D eigenvalue weighted by Gasteiger charge is 2.41. The first-order chi connectivity index (χ1) is 10.8.